The van der Waals surface area contributed by atoms with Gasteiger partial charge in [-0.1, -0.05) is 19.3 Å². The van der Waals surface area contributed by atoms with E-state index in [9.17, 15) is 4.79 Å². The molecule has 154 valence electrons. The van der Waals surface area contributed by atoms with Gasteiger partial charge in [0.15, 0.2) is 0 Å². The van der Waals surface area contributed by atoms with Crippen LogP contribution in [0.5, 0.6) is 0 Å². The fraction of sp³-hybridized carbons (Fsp3) is 0.952. The van der Waals surface area contributed by atoms with Gasteiger partial charge in [-0.2, -0.15) is 0 Å². The van der Waals surface area contributed by atoms with Crippen molar-refractivity contribution < 1.29 is 14.3 Å². The molecule has 0 unspecified atom stereocenters. The number of carbonyl (C=O) groups is 1. The van der Waals surface area contributed by atoms with Crippen LogP contribution in [-0.4, -0.2) is 91.5 Å². The highest BCUT2D eigenvalue weighted by Crippen LogP contribution is 2.34. The summed E-state index contributed by atoms with van der Waals surface area (Å²) >= 11 is 0. The van der Waals surface area contributed by atoms with Crippen LogP contribution in [0.1, 0.15) is 57.8 Å². The van der Waals surface area contributed by atoms with Crippen molar-refractivity contribution in [3.63, 3.8) is 0 Å². The number of ether oxygens (including phenoxy) is 2. The number of carbonyl (C=O) groups excluding carboxylic acids is 1. The average molecular weight is 380 g/mol. The van der Waals surface area contributed by atoms with E-state index in [0.717, 1.165) is 77.7 Å². The summed E-state index contributed by atoms with van der Waals surface area (Å²) in [4.78, 5) is 19.4. The SMILES string of the molecule is CN(CCCN1CC2(CCN([C@@H]3CCOC3)CC2)OC1=O)C1CCCCC1. The Morgan fingerprint density at radius 2 is 1.93 bits per heavy atom. The second kappa shape index (κ2) is 8.66. The highest BCUT2D eigenvalue weighted by Gasteiger charge is 2.47. The molecule has 0 bridgehead atoms. The van der Waals surface area contributed by atoms with Crippen LogP contribution in [0.25, 0.3) is 0 Å². The lowest BCUT2D eigenvalue weighted by Crippen LogP contribution is -2.50. The maximum atomic E-state index is 12.4. The molecular formula is C21H37N3O3. The van der Waals surface area contributed by atoms with Crippen LogP contribution in [0.4, 0.5) is 4.79 Å². The third-order valence-electron chi connectivity index (χ3n) is 7.31. The van der Waals surface area contributed by atoms with Gasteiger partial charge in [-0.3, -0.25) is 4.90 Å². The fourth-order valence-electron chi connectivity index (χ4n) is 5.45. The molecule has 1 atom stereocenters. The third kappa shape index (κ3) is 4.60. The summed E-state index contributed by atoms with van der Waals surface area (Å²) < 4.78 is 11.4. The van der Waals surface area contributed by atoms with Crippen LogP contribution in [0.2, 0.25) is 0 Å². The molecule has 0 aromatic heterocycles. The zero-order valence-electron chi connectivity index (χ0n) is 17.0. The Morgan fingerprint density at radius 3 is 2.63 bits per heavy atom. The minimum absolute atomic E-state index is 0.0898. The van der Waals surface area contributed by atoms with Gasteiger partial charge in [-0.15, -0.1) is 0 Å². The van der Waals surface area contributed by atoms with Crippen molar-refractivity contribution in [2.75, 3.05) is 53.0 Å². The van der Waals surface area contributed by atoms with Gasteiger partial charge in [-0.25, -0.2) is 4.79 Å². The summed E-state index contributed by atoms with van der Waals surface area (Å²) in [5.41, 5.74) is -0.234. The van der Waals surface area contributed by atoms with Crippen molar-refractivity contribution in [2.24, 2.45) is 0 Å². The van der Waals surface area contributed by atoms with Gasteiger partial charge in [0, 0.05) is 51.2 Å². The summed E-state index contributed by atoms with van der Waals surface area (Å²) in [7, 11) is 2.25. The maximum absolute atomic E-state index is 12.4. The van der Waals surface area contributed by atoms with E-state index < -0.39 is 0 Å². The largest absolute Gasteiger partial charge is 0.441 e. The van der Waals surface area contributed by atoms with Crippen molar-refractivity contribution in [3.8, 4) is 0 Å². The van der Waals surface area contributed by atoms with Crippen LogP contribution in [0.15, 0.2) is 0 Å². The molecule has 0 radical (unpaired) electrons. The van der Waals surface area contributed by atoms with Gasteiger partial charge >= 0.3 is 6.09 Å². The molecule has 4 aliphatic rings. The first kappa shape index (κ1) is 19.5. The van der Waals surface area contributed by atoms with Crippen LogP contribution >= 0.6 is 0 Å². The van der Waals surface area contributed by atoms with Crippen molar-refractivity contribution in [2.45, 2.75) is 75.5 Å². The fourth-order valence-corrected chi connectivity index (χ4v) is 5.45. The minimum Gasteiger partial charge on any atom is -0.441 e. The van der Waals surface area contributed by atoms with Crippen LogP contribution in [0, 0.1) is 0 Å². The van der Waals surface area contributed by atoms with Crippen molar-refractivity contribution in [1.82, 2.24) is 14.7 Å². The molecule has 1 aliphatic carbocycles. The summed E-state index contributed by atoms with van der Waals surface area (Å²) in [6.07, 6.45) is 10.9. The van der Waals surface area contributed by atoms with Crippen molar-refractivity contribution >= 4 is 6.09 Å². The zero-order valence-corrected chi connectivity index (χ0v) is 17.0. The van der Waals surface area contributed by atoms with Crippen molar-refractivity contribution in [3.05, 3.63) is 0 Å². The second-order valence-electron chi connectivity index (χ2n) is 9.15. The van der Waals surface area contributed by atoms with Gasteiger partial charge in [0.05, 0.1) is 13.2 Å². The first-order valence-corrected chi connectivity index (χ1v) is 11.2. The smallest absolute Gasteiger partial charge is 0.410 e. The molecule has 6 heteroatoms. The number of hydrogen-bond donors (Lipinski definition) is 0. The van der Waals surface area contributed by atoms with Crippen LogP contribution in [-0.2, 0) is 9.47 Å². The molecule has 3 heterocycles. The predicted molar refractivity (Wildman–Crippen MR) is 105 cm³/mol. The highest BCUT2D eigenvalue weighted by atomic mass is 16.6. The monoisotopic (exact) mass is 379 g/mol. The molecule has 4 fully saturated rings. The van der Waals surface area contributed by atoms with E-state index in [4.69, 9.17) is 9.47 Å². The lowest BCUT2D eigenvalue weighted by atomic mass is 9.90. The Kier molecular flexibility index (Phi) is 6.25. The predicted octanol–water partition coefficient (Wildman–Crippen LogP) is 2.72. The molecule has 1 amide bonds. The summed E-state index contributed by atoms with van der Waals surface area (Å²) in [5.74, 6) is 0. The van der Waals surface area contributed by atoms with E-state index in [2.05, 4.69) is 16.8 Å². The summed E-state index contributed by atoms with van der Waals surface area (Å²) in [5, 5.41) is 0. The van der Waals surface area contributed by atoms with Gasteiger partial charge in [0.25, 0.3) is 0 Å². The van der Waals surface area contributed by atoms with Gasteiger partial charge in [0.1, 0.15) is 5.60 Å². The zero-order chi connectivity index (χ0) is 18.7. The molecule has 6 nitrogen and oxygen atoms in total. The van der Waals surface area contributed by atoms with E-state index in [1.807, 2.05) is 4.90 Å². The number of likely N-dealkylation sites (tertiary alicyclic amines) is 1. The van der Waals surface area contributed by atoms with Crippen LogP contribution < -0.4 is 0 Å². The molecule has 1 saturated carbocycles. The van der Waals surface area contributed by atoms with Gasteiger partial charge < -0.3 is 19.3 Å². The molecule has 0 N–H and O–H groups in total. The molecule has 1 spiro atoms. The Hall–Kier alpha value is -0.850. The minimum atomic E-state index is -0.234. The first-order valence-electron chi connectivity index (χ1n) is 11.2. The molecule has 0 aromatic rings. The Balaban J connectivity index is 1.20. The molecule has 3 saturated heterocycles. The van der Waals surface area contributed by atoms with E-state index in [-0.39, 0.29) is 11.7 Å². The molecule has 3 aliphatic heterocycles. The van der Waals surface area contributed by atoms with E-state index in [1.165, 1.54) is 32.1 Å². The molecule has 27 heavy (non-hydrogen) atoms. The lowest BCUT2D eigenvalue weighted by molar-refractivity contribution is -0.0111. The summed E-state index contributed by atoms with van der Waals surface area (Å²) in [6, 6.07) is 1.32. The Morgan fingerprint density at radius 1 is 1.15 bits per heavy atom. The maximum Gasteiger partial charge on any atom is 0.410 e. The van der Waals surface area contributed by atoms with Gasteiger partial charge in [-0.05, 0) is 39.3 Å². The Labute approximate surface area is 164 Å². The molecule has 4 rings (SSSR count). The van der Waals surface area contributed by atoms with Gasteiger partial charge in [0.2, 0.25) is 0 Å². The number of nitrogens with zero attached hydrogens (tertiary/aromatic N) is 3. The second-order valence-corrected chi connectivity index (χ2v) is 9.15. The number of rotatable bonds is 6. The summed E-state index contributed by atoms with van der Waals surface area (Å²) in [6.45, 7) is 6.51. The first-order chi connectivity index (χ1) is 13.2. The number of piperidine rings is 1. The van der Waals surface area contributed by atoms with E-state index in [0.29, 0.717) is 6.04 Å². The van der Waals surface area contributed by atoms with E-state index in [1.54, 1.807) is 0 Å². The topological polar surface area (TPSA) is 45.2 Å². The molecular weight excluding hydrogens is 342 g/mol. The van der Waals surface area contributed by atoms with E-state index >= 15 is 0 Å². The lowest BCUT2D eigenvalue weighted by Gasteiger charge is -2.39. The third-order valence-corrected chi connectivity index (χ3v) is 7.31. The Bertz CT molecular complexity index is 495. The van der Waals surface area contributed by atoms with Crippen molar-refractivity contribution in [1.29, 1.82) is 0 Å². The normalized spacial score (nSPS) is 29.8. The quantitative estimate of drug-likeness (QED) is 0.710. The number of amides is 1. The standard InChI is InChI=1S/C21H37N3O3/c1-22(18-6-3-2-4-7-18)11-5-12-24-17-21(27-20(24)25)9-13-23(14-10-21)19-8-15-26-16-19/h18-19H,2-17H2,1H3/t19-/m1/s1. The highest BCUT2D eigenvalue weighted by molar-refractivity contribution is 5.70. The van der Waals surface area contributed by atoms with Crippen LogP contribution in [0.3, 0.4) is 0 Å². The number of hydrogen-bond acceptors (Lipinski definition) is 5. The molecule has 0 aromatic carbocycles. The average Bonchev–Trinajstić information content (AvgIpc) is 3.32.